The first kappa shape index (κ1) is 33.5. The molecule has 0 saturated carbocycles. The van der Waals surface area contributed by atoms with Crippen LogP contribution >= 0.6 is 0 Å². The van der Waals surface area contributed by atoms with Crippen LogP contribution in [0.1, 0.15) is 29.9 Å². The molecule has 0 saturated heterocycles. The maximum absolute atomic E-state index is 13.6. The third-order valence-corrected chi connectivity index (χ3v) is 7.50. The van der Waals surface area contributed by atoms with Gasteiger partial charge in [0, 0.05) is 18.1 Å². The van der Waals surface area contributed by atoms with Gasteiger partial charge in [-0.3, -0.25) is 19.2 Å². The molecule has 2 aliphatic rings. The van der Waals surface area contributed by atoms with E-state index in [-0.39, 0.29) is 32.0 Å². The number of carbonyl (C=O) groups is 4. The molecule has 0 fully saturated rings. The lowest BCUT2D eigenvalue weighted by atomic mass is 10.0. The number of hydrogen-bond acceptors (Lipinski definition) is 8. The van der Waals surface area contributed by atoms with Gasteiger partial charge >= 0.3 is 0 Å². The first-order valence-electron chi connectivity index (χ1n) is 15.5. The van der Waals surface area contributed by atoms with Crippen LogP contribution in [0.4, 0.5) is 0 Å². The number of fused-ring (bicyclic) bond motifs is 14. The molecule has 0 spiro atoms. The molecule has 0 unspecified atom stereocenters. The van der Waals surface area contributed by atoms with E-state index in [4.69, 9.17) is 4.74 Å². The van der Waals surface area contributed by atoms with Crippen LogP contribution in [-0.4, -0.2) is 75.3 Å². The number of hydrogen-bond donors (Lipinski definition) is 5. The lowest BCUT2D eigenvalue weighted by molar-refractivity contribution is -0.132. The molecule has 4 amide bonds. The Balaban J connectivity index is 1.40. The molecule has 1 aromatic heterocycles. The summed E-state index contributed by atoms with van der Waals surface area (Å²) < 4.78 is 7.19. The number of nitrogens with zero attached hydrogens (tertiary/aromatic N) is 3. The highest BCUT2D eigenvalue weighted by molar-refractivity contribution is 5.97. The zero-order valence-corrected chi connectivity index (χ0v) is 26.3. The summed E-state index contributed by atoms with van der Waals surface area (Å²) in [5.74, 6) is -1.00. The summed E-state index contributed by atoms with van der Waals surface area (Å²) in [6.45, 7) is 1.20. The maximum atomic E-state index is 13.6. The lowest BCUT2D eigenvalue weighted by Crippen LogP contribution is -2.55. The van der Waals surface area contributed by atoms with Gasteiger partial charge in [0.15, 0.2) is 5.82 Å². The fourth-order valence-corrected chi connectivity index (χ4v) is 5.02. The Labute approximate surface area is 277 Å². The van der Waals surface area contributed by atoms with E-state index in [1.54, 1.807) is 37.3 Å². The predicted octanol–water partition coefficient (Wildman–Crippen LogP) is 1.55. The molecule has 6 rings (SSSR count). The average Bonchev–Trinajstić information content (AvgIpc) is 3.52. The molecule has 3 heterocycles. The van der Waals surface area contributed by atoms with E-state index in [1.807, 2.05) is 60.7 Å². The van der Waals surface area contributed by atoms with Gasteiger partial charge in [0.25, 0.3) is 0 Å². The van der Waals surface area contributed by atoms with Crippen molar-refractivity contribution in [2.75, 3.05) is 19.8 Å². The third-order valence-electron chi connectivity index (χ3n) is 7.50. The van der Waals surface area contributed by atoms with Crippen molar-refractivity contribution in [2.45, 2.75) is 38.0 Å². The number of ether oxygens (including phenoxy) is 1. The minimum absolute atomic E-state index is 0.0919. The Kier molecular flexibility index (Phi) is 11.3. The van der Waals surface area contributed by atoms with Crippen molar-refractivity contribution in [1.29, 1.82) is 0 Å². The van der Waals surface area contributed by atoms with Gasteiger partial charge in [-0.2, -0.15) is 5.10 Å². The molecule has 0 aliphatic carbocycles. The van der Waals surface area contributed by atoms with Gasteiger partial charge < -0.3 is 31.1 Å². The Morgan fingerprint density at radius 1 is 0.979 bits per heavy atom. The molecule has 248 valence electrons. The number of carbonyl (C=O) groups excluding carboxylic acids is 4. The molecule has 2 aliphatic heterocycles. The van der Waals surface area contributed by atoms with Gasteiger partial charge in [-0.05, 0) is 36.3 Å². The molecule has 13 nitrogen and oxygen atoms in total. The van der Waals surface area contributed by atoms with Crippen molar-refractivity contribution in [2.24, 2.45) is 0 Å². The van der Waals surface area contributed by atoms with Crippen LogP contribution in [0.15, 0.2) is 91.0 Å². The van der Waals surface area contributed by atoms with Crippen LogP contribution in [0, 0.1) is 0 Å². The van der Waals surface area contributed by atoms with Crippen LogP contribution in [0.3, 0.4) is 0 Å². The highest BCUT2D eigenvalue weighted by Gasteiger charge is 2.29. The molecule has 4 aromatic rings. The smallest absolute Gasteiger partial charge is 0.245 e. The molecule has 0 radical (unpaired) electrons. The summed E-state index contributed by atoms with van der Waals surface area (Å²) in [6.07, 6.45) is 3.04. The summed E-state index contributed by atoms with van der Waals surface area (Å²) in [5, 5.41) is 25.5. The van der Waals surface area contributed by atoms with E-state index in [1.165, 1.54) is 10.8 Å². The van der Waals surface area contributed by atoms with E-state index < -0.39 is 42.5 Å². The Bertz CT molecular complexity index is 1740. The van der Waals surface area contributed by atoms with Crippen molar-refractivity contribution in [1.82, 2.24) is 36.0 Å². The van der Waals surface area contributed by atoms with Gasteiger partial charge in [-0.1, -0.05) is 72.8 Å². The number of aliphatic hydroxyl groups is 1. The van der Waals surface area contributed by atoms with E-state index in [0.29, 0.717) is 28.5 Å². The Hall–Kier alpha value is -5.82. The second kappa shape index (κ2) is 16.1. The fraction of sp³-hybridized carbons (Fsp3) is 0.257. The van der Waals surface area contributed by atoms with Crippen molar-refractivity contribution >= 4 is 29.7 Å². The summed E-state index contributed by atoms with van der Waals surface area (Å²) in [4.78, 5) is 57.3. The monoisotopic (exact) mass is 651 g/mol. The number of nitrogens with one attached hydrogen (secondary N) is 4. The zero-order chi connectivity index (χ0) is 33.9. The molecule has 2 bridgehead atoms. The summed E-state index contributed by atoms with van der Waals surface area (Å²) in [7, 11) is 0. The second-order valence-corrected chi connectivity index (χ2v) is 11.1. The van der Waals surface area contributed by atoms with Crippen LogP contribution in [0.2, 0.25) is 0 Å². The SMILES string of the molecule is C[C@@H]1NC(=O)[C@H](CO)NC(=O)[C@@H](NC(=O)/C=C/c2ccccc2)Cc2ccc(cc2)OCCNC(=O)Cn2nc(-c3ccccc3)nc21. The zero-order valence-electron chi connectivity index (χ0n) is 26.3. The van der Waals surface area contributed by atoms with Crippen molar-refractivity contribution < 1.29 is 29.0 Å². The van der Waals surface area contributed by atoms with Crippen molar-refractivity contribution in [3.05, 3.63) is 108 Å². The Morgan fingerprint density at radius 2 is 1.69 bits per heavy atom. The molecular formula is C35H37N7O6. The fourth-order valence-electron chi connectivity index (χ4n) is 5.02. The van der Waals surface area contributed by atoms with Gasteiger partial charge in [-0.25, -0.2) is 9.67 Å². The Morgan fingerprint density at radius 3 is 2.40 bits per heavy atom. The number of benzene rings is 3. The second-order valence-electron chi connectivity index (χ2n) is 11.1. The quantitative estimate of drug-likeness (QED) is 0.202. The standard InChI is InChI=1S/C35H37N7O6/c1-23-33-40-32(26-10-6-3-7-11-26)41-42(33)21-31(45)36-18-19-48-27-15-12-25(13-16-27)20-28(34(46)39-29(22-43)35(47)37-23)38-30(44)17-14-24-8-4-2-5-9-24/h2-17,23,28-29,43H,18-22H2,1H3,(H,36,45)(H,37,47)(H,38,44)(H,39,46)/b17-14+/t23-,28-,29-/m0/s1. The minimum Gasteiger partial charge on any atom is -0.492 e. The van der Waals surface area contributed by atoms with Crippen LogP contribution in [0.25, 0.3) is 17.5 Å². The van der Waals surface area contributed by atoms with Gasteiger partial charge in [0.2, 0.25) is 23.6 Å². The van der Waals surface area contributed by atoms with Crippen molar-refractivity contribution in [3.63, 3.8) is 0 Å². The van der Waals surface area contributed by atoms with E-state index in [2.05, 4.69) is 31.3 Å². The van der Waals surface area contributed by atoms with Crippen LogP contribution in [0.5, 0.6) is 5.75 Å². The summed E-state index contributed by atoms with van der Waals surface area (Å²) >= 11 is 0. The van der Waals surface area contributed by atoms with Gasteiger partial charge in [0.1, 0.15) is 36.8 Å². The van der Waals surface area contributed by atoms with E-state index in [0.717, 1.165) is 5.56 Å². The number of rotatable bonds is 5. The molecular weight excluding hydrogens is 614 g/mol. The molecule has 5 N–H and O–H groups in total. The third kappa shape index (κ3) is 9.13. The average molecular weight is 652 g/mol. The van der Waals surface area contributed by atoms with Gasteiger partial charge in [0.05, 0.1) is 19.2 Å². The first-order valence-corrected chi connectivity index (χ1v) is 15.5. The van der Waals surface area contributed by atoms with E-state index >= 15 is 0 Å². The largest absolute Gasteiger partial charge is 0.492 e. The molecule has 3 atom stereocenters. The lowest BCUT2D eigenvalue weighted by Gasteiger charge is -2.23. The number of aliphatic hydroxyl groups excluding tert-OH is 1. The maximum Gasteiger partial charge on any atom is 0.245 e. The minimum atomic E-state index is -1.35. The highest BCUT2D eigenvalue weighted by atomic mass is 16.5. The normalized spacial score (nSPS) is 19.4. The molecule has 3 aromatic carbocycles. The van der Waals surface area contributed by atoms with Crippen LogP contribution < -0.4 is 26.0 Å². The highest BCUT2D eigenvalue weighted by Crippen LogP contribution is 2.19. The molecule has 13 heteroatoms. The number of aromatic nitrogens is 3. The van der Waals surface area contributed by atoms with Crippen molar-refractivity contribution in [3.8, 4) is 17.1 Å². The predicted molar refractivity (Wildman–Crippen MR) is 177 cm³/mol. The van der Waals surface area contributed by atoms with Crippen LogP contribution in [-0.2, 0) is 32.1 Å². The summed E-state index contributed by atoms with van der Waals surface area (Å²) in [5.41, 5.74) is 2.24. The molecule has 48 heavy (non-hydrogen) atoms. The van der Waals surface area contributed by atoms with Gasteiger partial charge in [-0.15, -0.1) is 0 Å². The first-order chi connectivity index (χ1) is 23.3. The van der Waals surface area contributed by atoms with E-state index in [9.17, 15) is 24.3 Å². The summed E-state index contributed by atoms with van der Waals surface area (Å²) in [6, 6.07) is 22.2. The topological polar surface area (TPSA) is 177 Å². The number of amides is 4.